The first-order chi connectivity index (χ1) is 11.5. The van der Waals surface area contributed by atoms with Gasteiger partial charge in [-0.15, -0.1) is 0 Å². The summed E-state index contributed by atoms with van der Waals surface area (Å²) in [5.74, 6) is 0.186. The molecule has 0 bridgehead atoms. The van der Waals surface area contributed by atoms with E-state index in [0.29, 0.717) is 12.1 Å². The van der Waals surface area contributed by atoms with Gasteiger partial charge in [0.15, 0.2) is 17.4 Å². The van der Waals surface area contributed by atoms with Gasteiger partial charge in [-0.05, 0) is 18.5 Å². The maximum Gasteiger partial charge on any atom is 0.246 e. The Morgan fingerprint density at radius 2 is 2.12 bits per heavy atom. The van der Waals surface area contributed by atoms with Gasteiger partial charge in [-0.3, -0.25) is 4.57 Å². The lowest BCUT2D eigenvalue weighted by Gasteiger charge is -2.18. The summed E-state index contributed by atoms with van der Waals surface area (Å²) in [7, 11) is 0. The summed E-state index contributed by atoms with van der Waals surface area (Å²) >= 11 is 5.89. The van der Waals surface area contributed by atoms with Crippen LogP contribution in [0, 0.1) is 0 Å². The number of aliphatic hydroxyl groups excluding tert-OH is 4. The average molecular weight is 361 g/mol. The van der Waals surface area contributed by atoms with Crippen molar-refractivity contribution in [2.45, 2.75) is 37.6 Å². The Kier molecular flexibility index (Phi) is 4.85. The minimum Gasteiger partial charge on any atom is -0.476 e. The maximum atomic E-state index is 10.2. The van der Waals surface area contributed by atoms with Gasteiger partial charge in [0.25, 0.3) is 0 Å². The second-order valence-corrected chi connectivity index (χ2v) is 5.62. The number of rotatable bonds is 5. The van der Waals surface area contributed by atoms with E-state index >= 15 is 0 Å². The zero-order valence-corrected chi connectivity index (χ0v) is 13.4. The first-order valence-electron chi connectivity index (χ1n) is 7.31. The summed E-state index contributed by atoms with van der Waals surface area (Å²) in [6.45, 7) is 1.51. The zero-order valence-electron chi connectivity index (χ0n) is 12.7. The summed E-state index contributed by atoms with van der Waals surface area (Å²) in [5, 5.41) is 38.9. The number of aliphatic hydroxyl groups is 4. The predicted octanol–water partition coefficient (Wildman–Crippen LogP) is -1.15. The molecule has 1 saturated heterocycles. The Balaban J connectivity index is 2.01. The molecule has 0 aliphatic carbocycles. The molecule has 0 saturated carbocycles. The molecule has 1 aliphatic heterocycles. The van der Waals surface area contributed by atoms with E-state index in [1.807, 2.05) is 0 Å². The third kappa shape index (κ3) is 2.81. The molecule has 5 atom stereocenters. The summed E-state index contributed by atoms with van der Waals surface area (Å²) in [4.78, 5) is 12.2. The van der Waals surface area contributed by atoms with Crippen LogP contribution < -0.4 is 4.74 Å². The number of aromatic nitrogens is 4. The highest BCUT2D eigenvalue weighted by atomic mass is 35.5. The number of imidazole rings is 1. The molecule has 11 heteroatoms. The highest BCUT2D eigenvalue weighted by Gasteiger charge is 2.47. The number of halogens is 1. The quantitative estimate of drug-likeness (QED) is 0.486. The van der Waals surface area contributed by atoms with Crippen LogP contribution in [-0.2, 0) is 4.74 Å². The average Bonchev–Trinajstić information content (AvgIpc) is 3.09. The second-order valence-electron chi connectivity index (χ2n) is 5.28. The molecule has 0 unspecified atom stereocenters. The van der Waals surface area contributed by atoms with Crippen LogP contribution in [0.25, 0.3) is 11.2 Å². The maximum absolute atomic E-state index is 10.2. The fourth-order valence-corrected chi connectivity index (χ4v) is 2.78. The molecule has 10 nitrogen and oxygen atoms in total. The Morgan fingerprint density at radius 3 is 2.79 bits per heavy atom. The van der Waals surface area contributed by atoms with Crippen molar-refractivity contribution in [2.75, 3.05) is 13.2 Å². The van der Waals surface area contributed by atoms with Crippen molar-refractivity contribution >= 4 is 22.8 Å². The Bertz CT molecular complexity index is 728. The Hall–Kier alpha value is -1.56. The van der Waals surface area contributed by atoms with Crippen LogP contribution in [0.2, 0.25) is 5.28 Å². The van der Waals surface area contributed by atoms with Crippen molar-refractivity contribution in [2.24, 2.45) is 0 Å². The third-order valence-corrected chi connectivity index (χ3v) is 3.93. The first kappa shape index (κ1) is 17.3. The lowest BCUT2D eigenvalue weighted by molar-refractivity contribution is -0.0962. The van der Waals surface area contributed by atoms with E-state index in [9.17, 15) is 15.3 Å². The molecule has 3 rings (SSSR count). The molecule has 1 fully saturated rings. The highest BCUT2D eigenvalue weighted by molar-refractivity contribution is 6.28. The monoisotopic (exact) mass is 360 g/mol. The van der Waals surface area contributed by atoms with Crippen LogP contribution in [0.15, 0.2) is 6.33 Å². The van der Waals surface area contributed by atoms with E-state index in [-0.39, 0.29) is 16.8 Å². The SMILES string of the molecule is CCOc1nc(Cl)nc2c1ncn2[C@@H]1O[C@H]([C@H](O)CO)[C@@H](O)[C@H]1O. The molecule has 24 heavy (non-hydrogen) atoms. The summed E-state index contributed by atoms with van der Waals surface area (Å²) in [6, 6.07) is 0. The Labute approximate surface area is 141 Å². The van der Waals surface area contributed by atoms with Crippen molar-refractivity contribution in [1.82, 2.24) is 19.5 Å². The first-order valence-corrected chi connectivity index (χ1v) is 7.69. The number of nitrogens with zero attached hydrogens (tertiary/aromatic N) is 4. The van der Waals surface area contributed by atoms with Gasteiger partial charge >= 0.3 is 0 Å². The van der Waals surface area contributed by atoms with Crippen molar-refractivity contribution in [1.29, 1.82) is 0 Å². The van der Waals surface area contributed by atoms with Crippen LogP contribution in [-0.4, -0.2) is 77.6 Å². The summed E-state index contributed by atoms with van der Waals surface area (Å²) < 4.78 is 12.2. The lowest BCUT2D eigenvalue weighted by Crippen LogP contribution is -2.40. The Morgan fingerprint density at radius 1 is 1.38 bits per heavy atom. The van der Waals surface area contributed by atoms with Crippen LogP contribution in [0.4, 0.5) is 0 Å². The zero-order chi connectivity index (χ0) is 17.4. The molecule has 4 N–H and O–H groups in total. The predicted molar refractivity (Wildman–Crippen MR) is 80.5 cm³/mol. The van der Waals surface area contributed by atoms with Crippen LogP contribution in [0.3, 0.4) is 0 Å². The molecular formula is C13H17ClN4O6. The molecule has 3 heterocycles. The van der Waals surface area contributed by atoms with Crippen LogP contribution in [0.5, 0.6) is 5.88 Å². The largest absolute Gasteiger partial charge is 0.476 e. The van der Waals surface area contributed by atoms with Crippen molar-refractivity contribution < 1.29 is 29.9 Å². The van der Waals surface area contributed by atoms with Gasteiger partial charge < -0.3 is 29.9 Å². The van der Waals surface area contributed by atoms with Gasteiger partial charge in [0.1, 0.15) is 24.4 Å². The molecule has 0 amide bonds. The molecular weight excluding hydrogens is 344 g/mol. The van der Waals surface area contributed by atoms with E-state index < -0.39 is 37.3 Å². The van der Waals surface area contributed by atoms with E-state index in [2.05, 4.69) is 15.0 Å². The van der Waals surface area contributed by atoms with Crippen molar-refractivity contribution in [3.05, 3.63) is 11.6 Å². The van der Waals surface area contributed by atoms with Gasteiger partial charge in [0.05, 0.1) is 19.5 Å². The molecule has 1 aliphatic rings. The van der Waals surface area contributed by atoms with Gasteiger partial charge in [0, 0.05) is 0 Å². The minimum atomic E-state index is -1.39. The van der Waals surface area contributed by atoms with E-state index in [1.165, 1.54) is 10.9 Å². The minimum absolute atomic E-state index is 0.0762. The van der Waals surface area contributed by atoms with Crippen LogP contribution in [0.1, 0.15) is 13.2 Å². The van der Waals surface area contributed by atoms with E-state index in [1.54, 1.807) is 6.92 Å². The smallest absolute Gasteiger partial charge is 0.246 e. The normalized spacial score (nSPS) is 28.4. The number of ether oxygens (including phenoxy) is 2. The number of hydrogen-bond acceptors (Lipinski definition) is 9. The number of hydrogen-bond donors (Lipinski definition) is 4. The molecule has 0 radical (unpaired) electrons. The van der Waals surface area contributed by atoms with E-state index in [4.69, 9.17) is 26.2 Å². The molecule has 0 spiro atoms. The van der Waals surface area contributed by atoms with Gasteiger partial charge in [-0.2, -0.15) is 9.97 Å². The van der Waals surface area contributed by atoms with Gasteiger partial charge in [-0.25, -0.2) is 4.98 Å². The van der Waals surface area contributed by atoms with Crippen molar-refractivity contribution in [3.63, 3.8) is 0 Å². The lowest BCUT2D eigenvalue weighted by atomic mass is 10.1. The summed E-state index contributed by atoms with van der Waals surface area (Å²) in [6.07, 6.45) is -4.98. The number of fused-ring (bicyclic) bond motifs is 1. The van der Waals surface area contributed by atoms with Gasteiger partial charge in [0.2, 0.25) is 11.2 Å². The van der Waals surface area contributed by atoms with Crippen LogP contribution >= 0.6 is 11.6 Å². The second kappa shape index (κ2) is 6.75. The highest BCUT2D eigenvalue weighted by Crippen LogP contribution is 2.34. The van der Waals surface area contributed by atoms with Gasteiger partial charge in [-0.1, -0.05) is 0 Å². The third-order valence-electron chi connectivity index (χ3n) is 3.76. The standard InChI is InChI=1S/C13H17ClN4O6/c1-2-23-11-6-10(16-13(14)17-11)18(4-15-6)12-8(22)7(21)9(24-12)5(20)3-19/h4-5,7-9,12,19-22H,2-3H2,1H3/t5-,7+,8-,9-,12-/m1/s1. The molecule has 2 aromatic heterocycles. The molecule has 0 aromatic carbocycles. The fourth-order valence-electron chi connectivity index (χ4n) is 2.63. The van der Waals surface area contributed by atoms with E-state index in [0.717, 1.165) is 0 Å². The fraction of sp³-hybridized carbons (Fsp3) is 0.615. The van der Waals surface area contributed by atoms with Crippen molar-refractivity contribution in [3.8, 4) is 5.88 Å². The summed E-state index contributed by atoms with van der Waals surface area (Å²) in [5.41, 5.74) is 0.562. The molecule has 2 aromatic rings. The molecule has 132 valence electrons. The topological polar surface area (TPSA) is 143 Å².